The predicted octanol–water partition coefficient (Wildman–Crippen LogP) is 3.17. The second-order valence-electron chi connectivity index (χ2n) is 3.93. The number of rotatable bonds is 3. The molecule has 1 heterocycles. The highest BCUT2D eigenvalue weighted by molar-refractivity contribution is 6.04. The molecule has 3 nitrogen and oxygen atoms in total. The summed E-state index contributed by atoms with van der Waals surface area (Å²) in [5.74, 6) is -3.22. The normalized spacial score (nSPS) is 10.3. The van der Waals surface area contributed by atoms with Crippen molar-refractivity contribution in [2.45, 2.75) is 13.3 Å². The summed E-state index contributed by atoms with van der Waals surface area (Å²) in [7, 11) is 0. The van der Waals surface area contributed by atoms with Gasteiger partial charge in [0.2, 0.25) is 5.95 Å². The first-order valence-electron chi connectivity index (χ1n) is 5.82. The van der Waals surface area contributed by atoms with Crippen molar-refractivity contribution in [2.75, 3.05) is 5.32 Å². The maximum atomic E-state index is 13.4. The summed E-state index contributed by atoms with van der Waals surface area (Å²) < 4.78 is 26.4. The maximum Gasteiger partial charge on any atom is 0.258 e. The van der Waals surface area contributed by atoms with E-state index in [-0.39, 0.29) is 5.56 Å². The van der Waals surface area contributed by atoms with Crippen LogP contribution in [0.15, 0.2) is 36.5 Å². The quantitative estimate of drug-likeness (QED) is 0.863. The number of aryl methyl sites for hydroxylation is 1. The van der Waals surface area contributed by atoms with Crippen LogP contribution < -0.4 is 5.32 Å². The molecule has 0 aliphatic rings. The largest absolute Gasteiger partial charge is 0.322 e. The molecular formula is C14H12F2N2O. The minimum absolute atomic E-state index is 0.363. The number of benzene rings is 1. The van der Waals surface area contributed by atoms with Gasteiger partial charge in [-0.25, -0.2) is 9.37 Å². The lowest BCUT2D eigenvalue weighted by molar-refractivity contribution is 0.102. The molecule has 1 amide bonds. The Kier molecular flexibility index (Phi) is 3.85. The first-order valence-corrected chi connectivity index (χ1v) is 5.82. The molecule has 0 aliphatic heterocycles. The second kappa shape index (κ2) is 5.56. The van der Waals surface area contributed by atoms with Crippen molar-refractivity contribution >= 4 is 11.6 Å². The number of carbonyl (C=O) groups is 1. The Morgan fingerprint density at radius 2 is 2.00 bits per heavy atom. The van der Waals surface area contributed by atoms with Crippen LogP contribution >= 0.6 is 0 Å². The Labute approximate surface area is 109 Å². The van der Waals surface area contributed by atoms with Crippen molar-refractivity contribution in [2.24, 2.45) is 0 Å². The number of aromatic nitrogens is 1. The van der Waals surface area contributed by atoms with Gasteiger partial charge in [-0.2, -0.15) is 4.39 Å². The SMILES string of the molecule is CCc1ccccc1NC(=O)c1ccnc(F)c1F. The fourth-order valence-electron chi connectivity index (χ4n) is 1.73. The summed E-state index contributed by atoms with van der Waals surface area (Å²) in [5.41, 5.74) is 1.15. The van der Waals surface area contributed by atoms with Crippen LogP contribution in [0, 0.1) is 11.8 Å². The molecule has 0 unspecified atom stereocenters. The van der Waals surface area contributed by atoms with E-state index < -0.39 is 17.7 Å². The van der Waals surface area contributed by atoms with Gasteiger partial charge < -0.3 is 5.32 Å². The molecule has 2 rings (SSSR count). The molecule has 1 N–H and O–H groups in total. The van der Waals surface area contributed by atoms with Crippen molar-refractivity contribution in [1.29, 1.82) is 0 Å². The maximum absolute atomic E-state index is 13.4. The molecule has 0 saturated heterocycles. The Morgan fingerprint density at radius 3 is 2.74 bits per heavy atom. The number of amides is 1. The zero-order valence-electron chi connectivity index (χ0n) is 10.3. The van der Waals surface area contributed by atoms with E-state index in [1.807, 2.05) is 19.1 Å². The van der Waals surface area contributed by atoms with Crippen LogP contribution in [-0.4, -0.2) is 10.9 Å². The Hall–Kier alpha value is -2.30. The van der Waals surface area contributed by atoms with Crippen molar-refractivity contribution in [3.05, 3.63) is 59.4 Å². The summed E-state index contributed by atoms with van der Waals surface area (Å²) in [6, 6.07) is 8.33. The molecule has 2 aromatic rings. The minimum atomic E-state index is -1.28. The summed E-state index contributed by atoms with van der Waals surface area (Å²) >= 11 is 0. The lowest BCUT2D eigenvalue weighted by Gasteiger charge is -2.10. The summed E-state index contributed by atoms with van der Waals surface area (Å²) in [6.45, 7) is 1.94. The molecule has 0 fully saturated rings. The number of para-hydroxylation sites is 1. The van der Waals surface area contributed by atoms with Gasteiger partial charge in [0.25, 0.3) is 5.91 Å². The van der Waals surface area contributed by atoms with E-state index in [4.69, 9.17) is 0 Å². The number of hydrogen-bond donors (Lipinski definition) is 1. The summed E-state index contributed by atoms with van der Waals surface area (Å²) in [4.78, 5) is 15.1. The smallest absolute Gasteiger partial charge is 0.258 e. The van der Waals surface area contributed by atoms with E-state index in [2.05, 4.69) is 10.3 Å². The average molecular weight is 262 g/mol. The van der Waals surface area contributed by atoms with Gasteiger partial charge >= 0.3 is 0 Å². The number of hydrogen-bond acceptors (Lipinski definition) is 2. The van der Waals surface area contributed by atoms with E-state index in [0.29, 0.717) is 5.69 Å². The molecule has 0 atom stereocenters. The molecule has 0 radical (unpaired) electrons. The molecule has 0 aliphatic carbocycles. The molecule has 19 heavy (non-hydrogen) atoms. The second-order valence-corrected chi connectivity index (χ2v) is 3.93. The van der Waals surface area contributed by atoms with Gasteiger partial charge in [-0.05, 0) is 24.1 Å². The van der Waals surface area contributed by atoms with E-state index in [9.17, 15) is 13.6 Å². The van der Waals surface area contributed by atoms with Crippen molar-refractivity contribution in [3.8, 4) is 0 Å². The monoisotopic (exact) mass is 262 g/mol. The third-order valence-corrected chi connectivity index (χ3v) is 2.74. The number of pyridine rings is 1. The van der Waals surface area contributed by atoms with Crippen LogP contribution in [0.3, 0.4) is 0 Å². The average Bonchev–Trinajstić information content (AvgIpc) is 2.42. The van der Waals surface area contributed by atoms with Gasteiger partial charge in [0.05, 0.1) is 5.56 Å². The predicted molar refractivity (Wildman–Crippen MR) is 67.9 cm³/mol. The van der Waals surface area contributed by atoms with Gasteiger partial charge in [-0.3, -0.25) is 4.79 Å². The molecule has 0 bridgehead atoms. The number of anilines is 1. The molecule has 0 saturated carbocycles. The van der Waals surface area contributed by atoms with Crippen LogP contribution in [0.25, 0.3) is 0 Å². The van der Waals surface area contributed by atoms with E-state index in [1.165, 1.54) is 0 Å². The lowest BCUT2D eigenvalue weighted by Crippen LogP contribution is -2.16. The first kappa shape index (κ1) is 13.1. The molecule has 5 heteroatoms. The van der Waals surface area contributed by atoms with Gasteiger partial charge in [-0.1, -0.05) is 25.1 Å². The molecule has 1 aromatic heterocycles. The van der Waals surface area contributed by atoms with Crippen molar-refractivity contribution in [3.63, 3.8) is 0 Å². The number of halogens is 2. The minimum Gasteiger partial charge on any atom is -0.322 e. The molecular weight excluding hydrogens is 250 g/mol. The van der Waals surface area contributed by atoms with Crippen LogP contribution in [0.2, 0.25) is 0 Å². The Morgan fingerprint density at radius 1 is 1.26 bits per heavy atom. The van der Waals surface area contributed by atoms with E-state index >= 15 is 0 Å². The van der Waals surface area contributed by atoms with Gasteiger partial charge in [0.1, 0.15) is 0 Å². The van der Waals surface area contributed by atoms with Crippen LogP contribution in [0.1, 0.15) is 22.8 Å². The van der Waals surface area contributed by atoms with Crippen LogP contribution in [0.4, 0.5) is 14.5 Å². The third-order valence-electron chi connectivity index (χ3n) is 2.74. The lowest BCUT2D eigenvalue weighted by atomic mass is 10.1. The highest BCUT2D eigenvalue weighted by atomic mass is 19.2. The van der Waals surface area contributed by atoms with E-state index in [0.717, 1.165) is 24.2 Å². The van der Waals surface area contributed by atoms with E-state index in [1.54, 1.807) is 12.1 Å². The molecule has 0 spiro atoms. The van der Waals surface area contributed by atoms with Crippen molar-refractivity contribution in [1.82, 2.24) is 4.98 Å². The molecule has 1 aromatic carbocycles. The van der Waals surface area contributed by atoms with Crippen LogP contribution in [-0.2, 0) is 6.42 Å². The summed E-state index contributed by atoms with van der Waals surface area (Å²) in [5, 5.41) is 2.57. The highest BCUT2D eigenvalue weighted by Gasteiger charge is 2.16. The zero-order valence-corrected chi connectivity index (χ0v) is 10.3. The van der Waals surface area contributed by atoms with Crippen LogP contribution in [0.5, 0.6) is 0 Å². The molecule has 98 valence electrons. The van der Waals surface area contributed by atoms with Gasteiger partial charge in [0.15, 0.2) is 5.82 Å². The topological polar surface area (TPSA) is 42.0 Å². The number of nitrogens with zero attached hydrogens (tertiary/aromatic N) is 1. The highest BCUT2D eigenvalue weighted by Crippen LogP contribution is 2.17. The Bertz CT molecular complexity index is 614. The summed E-state index contributed by atoms with van der Waals surface area (Å²) in [6.07, 6.45) is 1.78. The standard InChI is InChI=1S/C14H12F2N2O/c1-2-9-5-3-4-6-11(9)18-14(19)10-7-8-17-13(16)12(10)15/h3-8H,2H2,1H3,(H,18,19). The third kappa shape index (κ3) is 2.76. The fourth-order valence-corrected chi connectivity index (χ4v) is 1.73. The van der Waals surface area contributed by atoms with Gasteiger partial charge in [0, 0.05) is 11.9 Å². The first-order chi connectivity index (χ1) is 9.13. The zero-order chi connectivity index (χ0) is 13.8. The van der Waals surface area contributed by atoms with Gasteiger partial charge in [-0.15, -0.1) is 0 Å². The van der Waals surface area contributed by atoms with Crippen molar-refractivity contribution < 1.29 is 13.6 Å². The fraction of sp³-hybridized carbons (Fsp3) is 0.143. The number of carbonyl (C=O) groups excluding carboxylic acids is 1. The number of nitrogens with one attached hydrogen (secondary N) is 1. The Balaban J connectivity index is 2.28.